The number of pyridine rings is 2. The second-order valence-corrected chi connectivity index (χ2v) is 5.59. The second-order valence-electron chi connectivity index (χ2n) is 5.59. The molecule has 0 atom stereocenters. The van der Waals surface area contributed by atoms with Gasteiger partial charge >= 0.3 is 0 Å². The van der Waals surface area contributed by atoms with Crippen LogP contribution in [0.2, 0.25) is 0 Å². The van der Waals surface area contributed by atoms with E-state index in [2.05, 4.69) is 10.3 Å². The fourth-order valence-corrected chi connectivity index (χ4v) is 3.07. The van der Waals surface area contributed by atoms with E-state index in [-0.39, 0.29) is 5.56 Å². The first-order valence-corrected chi connectivity index (χ1v) is 7.49. The first-order valence-electron chi connectivity index (χ1n) is 7.49. The van der Waals surface area contributed by atoms with Crippen molar-refractivity contribution >= 4 is 10.9 Å². The lowest BCUT2D eigenvalue weighted by Crippen LogP contribution is -2.28. The van der Waals surface area contributed by atoms with Crippen LogP contribution in [0.1, 0.15) is 25.7 Å². The van der Waals surface area contributed by atoms with E-state index in [0.29, 0.717) is 0 Å². The molecule has 0 spiro atoms. The molecular formula is C16H21N3O. The summed E-state index contributed by atoms with van der Waals surface area (Å²) in [6.07, 6.45) is 8.38. The average Bonchev–Trinajstić information content (AvgIpc) is 2.50. The summed E-state index contributed by atoms with van der Waals surface area (Å²) in [7, 11) is 0. The van der Waals surface area contributed by atoms with E-state index in [1.165, 1.54) is 19.3 Å². The molecule has 0 saturated carbocycles. The van der Waals surface area contributed by atoms with Crippen LogP contribution in [0.4, 0.5) is 0 Å². The lowest BCUT2D eigenvalue weighted by atomic mass is 9.93. The summed E-state index contributed by atoms with van der Waals surface area (Å²) in [6, 6.07) is 5.49. The molecule has 4 nitrogen and oxygen atoms in total. The Balaban J connectivity index is 1.70. The highest BCUT2D eigenvalue weighted by Crippen LogP contribution is 2.18. The summed E-state index contributed by atoms with van der Waals surface area (Å²) >= 11 is 0. The van der Waals surface area contributed by atoms with Crippen LogP contribution in [0.3, 0.4) is 0 Å². The van der Waals surface area contributed by atoms with E-state index in [1.54, 1.807) is 18.5 Å². The van der Waals surface area contributed by atoms with Gasteiger partial charge in [-0.1, -0.05) is 0 Å². The minimum absolute atomic E-state index is 0.0795. The number of aromatic nitrogens is 2. The van der Waals surface area contributed by atoms with Crippen molar-refractivity contribution in [3.05, 3.63) is 40.9 Å². The van der Waals surface area contributed by atoms with Gasteiger partial charge in [-0.2, -0.15) is 0 Å². The van der Waals surface area contributed by atoms with Gasteiger partial charge in [0, 0.05) is 24.2 Å². The molecule has 4 heteroatoms. The Hall–Kier alpha value is -1.68. The van der Waals surface area contributed by atoms with Crippen LogP contribution in [-0.2, 0) is 6.54 Å². The molecule has 0 aliphatic carbocycles. The van der Waals surface area contributed by atoms with Crippen LogP contribution in [-0.4, -0.2) is 22.6 Å². The zero-order valence-electron chi connectivity index (χ0n) is 11.7. The average molecular weight is 271 g/mol. The van der Waals surface area contributed by atoms with E-state index >= 15 is 0 Å². The maximum Gasteiger partial charge on any atom is 0.251 e. The van der Waals surface area contributed by atoms with Gasteiger partial charge in [0.15, 0.2) is 0 Å². The van der Waals surface area contributed by atoms with E-state index in [4.69, 9.17) is 0 Å². The number of fused-ring (bicyclic) bond motifs is 1. The van der Waals surface area contributed by atoms with Crippen LogP contribution in [0.15, 0.2) is 35.4 Å². The highest BCUT2D eigenvalue weighted by atomic mass is 16.1. The van der Waals surface area contributed by atoms with Crippen LogP contribution < -0.4 is 10.9 Å². The Labute approximate surface area is 118 Å². The zero-order chi connectivity index (χ0) is 13.8. The van der Waals surface area contributed by atoms with Crippen molar-refractivity contribution in [1.29, 1.82) is 0 Å². The normalized spacial score (nSPS) is 16.6. The Kier molecular flexibility index (Phi) is 4.11. The topological polar surface area (TPSA) is 46.9 Å². The fraction of sp³-hybridized carbons (Fsp3) is 0.500. The summed E-state index contributed by atoms with van der Waals surface area (Å²) in [5.41, 5.74) is 1.03. The molecule has 106 valence electrons. The number of aryl methyl sites for hydroxylation is 1. The fourth-order valence-electron chi connectivity index (χ4n) is 3.07. The third-order valence-corrected chi connectivity index (χ3v) is 4.25. The summed E-state index contributed by atoms with van der Waals surface area (Å²) < 4.78 is 1.86. The molecule has 20 heavy (non-hydrogen) atoms. The van der Waals surface area contributed by atoms with Gasteiger partial charge < -0.3 is 9.88 Å². The van der Waals surface area contributed by atoms with E-state index in [0.717, 1.165) is 42.9 Å². The quantitative estimate of drug-likeness (QED) is 0.927. The van der Waals surface area contributed by atoms with Crippen LogP contribution >= 0.6 is 0 Å². The molecule has 0 amide bonds. The minimum atomic E-state index is 0.0795. The molecule has 2 aromatic heterocycles. The molecule has 2 aromatic rings. The summed E-state index contributed by atoms with van der Waals surface area (Å²) in [6.45, 7) is 3.08. The molecule has 1 saturated heterocycles. The molecule has 1 aliphatic heterocycles. The molecule has 0 unspecified atom stereocenters. The second kappa shape index (κ2) is 6.18. The third kappa shape index (κ3) is 2.90. The van der Waals surface area contributed by atoms with Gasteiger partial charge in [0.1, 0.15) is 0 Å². The smallest absolute Gasteiger partial charge is 0.251 e. The Morgan fingerprint density at radius 1 is 1.25 bits per heavy atom. The number of hydrogen-bond donors (Lipinski definition) is 1. The Bertz CT molecular complexity index is 629. The number of hydrogen-bond acceptors (Lipinski definition) is 3. The molecule has 0 radical (unpaired) electrons. The molecule has 1 aliphatic rings. The molecule has 1 fully saturated rings. The summed E-state index contributed by atoms with van der Waals surface area (Å²) in [4.78, 5) is 16.2. The van der Waals surface area contributed by atoms with Crippen molar-refractivity contribution in [3.63, 3.8) is 0 Å². The lowest BCUT2D eigenvalue weighted by molar-refractivity contribution is 0.340. The van der Waals surface area contributed by atoms with Crippen LogP contribution in [0.5, 0.6) is 0 Å². The van der Waals surface area contributed by atoms with Gasteiger partial charge in [-0.05, 0) is 56.8 Å². The molecule has 1 N–H and O–H groups in total. The highest BCUT2D eigenvalue weighted by molar-refractivity contribution is 5.77. The largest absolute Gasteiger partial charge is 0.317 e. The van der Waals surface area contributed by atoms with Gasteiger partial charge in [0.05, 0.1) is 11.7 Å². The third-order valence-electron chi connectivity index (χ3n) is 4.25. The lowest BCUT2D eigenvalue weighted by Gasteiger charge is -2.22. The number of rotatable bonds is 4. The summed E-state index contributed by atoms with van der Waals surface area (Å²) in [5, 5.41) is 4.48. The maximum atomic E-state index is 12.0. The first kappa shape index (κ1) is 13.3. The highest BCUT2D eigenvalue weighted by Gasteiger charge is 2.12. The van der Waals surface area contributed by atoms with E-state index in [1.807, 2.05) is 16.7 Å². The van der Waals surface area contributed by atoms with Gasteiger partial charge in [-0.25, -0.2) is 0 Å². The zero-order valence-corrected chi connectivity index (χ0v) is 11.7. The first-order chi connectivity index (χ1) is 9.84. The standard InChI is InChI=1S/C16H21N3O/c20-16-4-3-14-7-10-18-12-15(14)19(16)11-1-2-13-5-8-17-9-6-13/h3-4,7,10,12-13,17H,1-2,5-6,8-9,11H2. The van der Waals surface area contributed by atoms with Crippen molar-refractivity contribution in [1.82, 2.24) is 14.9 Å². The van der Waals surface area contributed by atoms with Crippen LogP contribution in [0, 0.1) is 5.92 Å². The molecule has 3 rings (SSSR count). The number of nitrogens with one attached hydrogen (secondary N) is 1. The monoisotopic (exact) mass is 271 g/mol. The van der Waals surface area contributed by atoms with Crippen molar-refractivity contribution in [3.8, 4) is 0 Å². The van der Waals surface area contributed by atoms with Crippen molar-refractivity contribution < 1.29 is 0 Å². The Morgan fingerprint density at radius 3 is 2.95 bits per heavy atom. The number of nitrogens with zero attached hydrogens (tertiary/aromatic N) is 2. The summed E-state index contributed by atoms with van der Waals surface area (Å²) in [5.74, 6) is 0.819. The minimum Gasteiger partial charge on any atom is -0.317 e. The Morgan fingerprint density at radius 2 is 2.10 bits per heavy atom. The predicted molar refractivity (Wildman–Crippen MR) is 80.8 cm³/mol. The molecule has 0 aromatic carbocycles. The molecule has 0 bridgehead atoms. The van der Waals surface area contributed by atoms with Gasteiger partial charge in [-0.15, -0.1) is 0 Å². The van der Waals surface area contributed by atoms with E-state index in [9.17, 15) is 4.79 Å². The van der Waals surface area contributed by atoms with Gasteiger partial charge in [-0.3, -0.25) is 9.78 Å². The van der Waals surface area contributed by atoms with Crippen molar-refractivity contribution in [2.75, 3.05) is 13.1 Å². The molecular weight excluding hydrogens is 250 g/mol. The van der Waals surface area contributed by atoms with Crippen molar-refractivity contribution in [2.24, 2.45) is 5.92 Å². The van der Waals surface area contributed by atoms with Gasteiger partial charge in [0.2, 0.25) is 0 Å². The maximum absolute atomic E-state index is 12.0. The molecule has 3 heterocycles. The SMILES string of the molecule is O=c1ccc2ccncc2n1CCCC1CCNCC1. The van der Waals surface area contributed by atoms with E-state index < -0.39 is 0 Å². The van der Waals surface area contributed by atoms with Gasteiger partial charge in [0.25, 0.3) is 5.56 Å². The van der Waals surface area contributed by atoms with Crippen LogP contribution in [0.25, 0.3) is 10.9 Å². The van der Waals surface area contributed by atoms with Crippen molar-refractivity contribution in [2.45, 2.75) is 32.2 Å². The number of piperidine rings is 1. The predicted octanol–water partition coefficient (Wildman–Crippen LogP) is 2.18.